The lowest BCUT2D eigenvalue weighted by molar-refractivity contribution is -0.363. The fraction of sp³-hybridized carbons (Fsp3) is 0.167. The minimum atomic E-state index is 0.0294. The van der Waals surface area contributed by atoms with Gasteiger partial charge in [-0.1, -0.05) is 24.8 Å². The lowest BCUT2D eigenvalue weighted by Crippen LogP contribution is -2.30. The summed E-state index contributed by atoms with van der Waals surface area (Å²) in [6.45, 7) is 6.06. The van der Waals surface area contributed by atoms with E-state index in [1.165, 1.54) is 0 Å². The van der Waals surface area contributed by atoms with Crippen molar-refractivity contribution in [2.75, 3.05) is 0 Å². The largest absolute Gasteiger partial charge is 0.345 e. The average Bonchev–Trinajstić information content (AvgIpc) is 2.24. The maximum atomic E-state index is 12.0. The molecular formula is C12H13N2O+. The van der Waals surface area contributed by atoms with Gasteiger partial charge in [0.25, 0.3) is 5.82 Å². The van der Waals surface area contributed by atoms with E-state index in [-0.39, 0.29) is 5.56 Å². The topological polar surface area (TPSA) is 36.1 Å². The van der Waals surface area contributed by atoms with Crippen molar-refractivity contribution in [1.82, 2.24) is 4.57 Å². The van der Waals surface area contributed by atoms with Crippen LogP contribution in [0.1, 0.15) is 5.82 Å². The Morgan fingerprint density at radius 3 is 2.93 bits per heavy atom. The summed E-state index contributed by atoms with van der Waals surface area (Å²) in [5, 5.41) is 0.713. The van der Waals surface area contributed by atoms with Gasteiger partial charge in [-0.2, -0.15) is 4.57 Å². The summed E-state index contributed by atoms with van der Waals surface area (Å²) in [5.74, 6) is 0.846. The molecule has 0 amide bonds. The van der Waals surface area contributed by atoms with Gasteiger partial charge in [0.2, 0.25) is 0 Å². The fourth-order valence-corrected chi connectivity index (χ4v) is 1.69. The molecule has 2 aromatic rings. The number of benzene rings is 1. The molecule has 15 heavy (non-hydrogen) atoms. The third-order valence-electron chi connectivity index (χ3n) is 2.43. The molecule has 1 aromatic carbocycles. The van der Waals surface area contributed by atoms with Gasteiger partial charge in [0.15, 0.2) is 0 Å². The Kier molecular flexibility index (Phi) is 2.37. The van der Waals surface area contributed by atoms with Crippen molar-refractivity contribution in [3.05, 3.63) is 53.1 Å². The molecule has 1 N–H and O–H groups in total. The van der Waals surface area contributed by atoms with E-state index in [0.29, 0.717) is 11.9 Å². The minimum Gasteiger partial charge on any atom is -0.244 e. The summed E-state index contributed by atoms with van der Waals surface area (Å²) >= 11 is 0. The number of para-hydroxylation sites is 1. The Bertz CT molecular complexity index is 569. The van der Waals surface area contributed by atoms with Crippen LogP contribution in [0.4, 0.5) is 0 Å². The summed E-state index contributed by atoms with van der Waals surface area (Å²) in [4.78, 5) is 15.2. The smallest absolute Gasteiger partial charge is 0.244 e. The highest BCUT2D eigenvalue weighted by molar-refractivity contribution is 5.73. The second-order valence-electron chi connectivity index (χ2n) is 3.46. The lowest BCUT2D eigenvalue weighted by atomic mass is 10.2. The van der Waals surface area contributed by atoms with Gasteiger partial charge in [0.1, 0.15) is 17.4 Å². The van der Waals surface area contributed by atoms with Crippen molar-refractivity contribution >= 4 is 10.9 Å². The highest BCUT2D eigenvalue weighted by atomic mass is 16.1. The second kappa shape index (κ2) is 3.69. The first-order chi connectivity index (χ1) is 7.24. The molecule has 76 valence electrons. The Morgan fingerprint density at radius 2 is 2.20 bits per heavy atom. The second-order valence-corrected chi connectivity index (χ2v) is 3.46. The van der Waals surface area contributed by atoms with Crippen LogP contribution >= 0.6 is 0 Å². The molecule has 2 rings (SSSR count). The van der Waals surface area contributed by atoms with E-state index in [1.807, 2.05) is 31.2 Å². The SMILES string of the molecule is C=CCn1c(C)[nH+]c2ccccc2c1=O. The van der Waals surface area contributed by atoms with Crippen LogP contribution in [0.5, 0.6) is 0 Å². The number of rotatable bonds is 2. The van der Waals surface area contributed by atoms with E-state index in [4.69, 9.17) is 0 Å². The first-order valence-electron chi connectivity index (χ1n) is 4.86. The van der Waals surface area contributed by atoms with Gasteiger partial charge in [0.05, 0.1) is 0 Å². The molecule has 0 atom stereocenters. The number of nitrogens with zero attached hydrogens (tertiary/aromatic N) is 1. The van der Waals surface area contributed by atoms with Crippen molar-refractivity contribution in [3.63, 3.8) is 0 Å². The Balaban J connectivity index is 2.84. The van der Waals surface area contributed by atoms with Crippen LogP contribution in [0.2, 0.25) is 0 Å². The Hall–Kier alpha value is -1.90. The molecule has 0 saturated heterocycles. The predicted molar refractivity (Wildman–Crippen MR) is 59.7 cm³/mol. The van der Waals surface area contributed by atoms with Gasteiger partial charge in [0, 0.05) is 6.92 Å². The van der Waals surface area contributed by atoms with Crippen LogP contribution in [0.15, 0.2) is 41.7 Å². The van der Waals surface area contributed by atoms with Crippen molar-refractivity contribution in [2.24, 2.45) is 0 Å². The molecule has 3 nitrogen and oxygen atoms in total. The number of nitrogens with one attached hydrogen (secondary N) is 1. The molecule has 0 aliphatic heterocycles. The molecule has 0 fully saturated rings. The number of aryl methyl sites for hydroxylation is 1. The van der Waals surface area contributed by atoms with Crippen molar-refractivity contribution in [2.45, 2.75) is 13.5 Å². The van der Waals surface area contributed by atoms with Crippen molar-refractivity contribution in [3.8, 4) is 0 Å². The van der Waals surface area contributed by atoms with E-state index < -0.39 is 0 Å². The number of aromatic nitrogens is 2. The van der Waals surface area contributed by atoms with E-state index in [9.17, 15) is 4.79 Å². The molecule has 3 heteroatoms. The van der Waals surface area contributed by atoms with Crippen LogP contribution in [0.25, 0.3) is 10.9 Å². The summed E-state index contributed by atoms with van der Waals surface area (Å²) in [5.41, 5.74) is 0.905. The molecule has 1 aromatic heterocycles. The minimum absolute atomic E-state index is 0.0294. The van der Waals surface area contributed by atoms with E-state index in [0.717, 1.165) is 11.3 Å². The summed E-state index contributed by atoms with van der Waals surface area (Å²) < 4.78 is 1.68. The van der Waals surface area contributed by atoms with Gasteiger partial charge in [-0.25, -0.2) is 9.78 Å². The van der Waals surface area contributed by atoms with Gasteiger partial charge in [-0.3, -0.25) is 0 Å². The van der Waals surface area contributed by atoms with Gasteiger partial charge in [-0.05, 0) is 12.1 Å². The molecule has 0 bridgehead atoms. The normalized spacial score (nSPS) is 10.5. The molecular weight excluding hydrogens is 188 g/mol. The lowest BCUT2D eigenvalue weighted by Gasteiger charge is -2.00. The van der Waals surface area contributed by atoms with Gasteiger partial charge in [-0.15, -0.1) is 0 Å². The Labute approximate surface area is 87.7 Å². The van der Waals surface area contributed by atoms with Crippen LogP contribution in [-0.2, 0) is 6.54 Å². The molecule has 0 aliphatic rings. The summed E-state index contributed by atoms with van der Waals surface area (Å²) in [7, 11) is 0. The average molecular weight is 201 g/mol. The highest BCUT2D eigenvalue weighted by Gasteiger charge is 2.12. The zero-order chi connectivity index (χ0) is 10.8. The Morgan fingerprint density at radius 1 is 1.47 bits per heavy atom. The predicted octanol–water partition coefficient (Wildman–Crippen LogP) is 1.31. The summed E-state index contributed by atoms with van der Waals surface area (Å²) in [6, 6.07) is 7.51. The number of fused-ring (bicyclic) bond motifs is 1. The van der Waals surface area contributed by atoms with Crippen LogP contribution in [-0.4, -0.2) is 4.57 Å². The molecule has 0 saturated carbocycles. The van der Waals surface area contributed by atoms with E-state index >= 15 is 0 Å². The standard InChI is InChI=1S/C12H12N2O/c1-3-8-14-9(2)13-11-7-5-4-6-10(11)12(14)15/h3-7H,1,8H2,2H3/p+1. The number of aromatic amines is 1. The number of hydrogen-bond donors (Lipinski definition) is 0. The highest BCUT2D eigenvalue weighted by Crippen LogP contribution is 2.03. The third-order valence-corrected chi connectivity index (χ3v) is 2.43. The first kappa shape index (κ1) is 9.65. The molecule has 0 radical (unpaired) electrons. The maximum absolute atomic E-state index is 12.0. The number of H-pyrrole nitrogens is 1. The van der Waals surface area contributed by atoms with Crippen LogP contribution in [0, 0.1) is 6.92 Å². The molecule has 0 spiro atoms. The molecule has 0 aliphatic carbocycles. The fourth-order valence-electron chi connectivity index (χ4n) is 1.69. The number of allylic oxidation sites excluding steroid dienone is 1. The first-order valence-corrected chi connectivity index (χ1v) is 4.86. The monoisotopic (exact) mass is 201 g/mol. The van der Waals surface area contributed by atoms with Crippen LogP contribution < -0.4 is 10.5 Å². The van der Waals surface area contributed by atoms with Crippen LogP contribution in [0.3, 0.4) is 0 Å². The quantitative estimate of drug-likeness (QED) is 0.675. The zero-order valence-electron chi connectivity index (χ0n) is 8.66. The molecule has 0 unspecified atom stereocenters. The zero-order valence-corrected chi connectivity index (χ0v) is 8.66. The molecule has 1 heterocycles. The third kappa shape index (κ3) is 1.56. The van der Waals surface area contributed by atoms with Gasteiger partial charge >= 0.3 is 5.56 Å². The van der Waals surface area contributed by atoms with Crippen molar-refractivity contribution < 1.29 is 4.98 Å². The van der Waals surface area contributed by atoms with Gasteiger partial charge < -0.3 is 0 Å². The van der Waals surface area contributed by atoms with Crippen molar-refractivity contribution in [1.29, 1.82) is 0 Å². The maximum Gasteiger partial charge on any atom is 0.345 e. The van der Waals surface area contributed by atoms with E-state index in [2.05, 4.69) is 11.6 Å². The van der Waals surface area contributed by atoms with E-state index in [1.54, 1.807) is 10.6 Å². The summed E-state index contributed by atoms with van der Waals surface area (Å²) in [6.07, 6.45) is 1.72. The number of hydrogen-bond acceptors (Lipinski definition) is 1.